The number of benzene rings is 1. The van der Waals surface area contributed by atoms with E-state index in [2.05, 4.69) is 4.90 Å². The number of hydrogen-bond acceptors (Lipinski definition) is 2. The first-order valence-corrected chi connectivity index (χ1v) is 5.86. The van der Waals surface area contributed by atoms with Gasteiger partial charge in [0.2, 0.25) is 0 Å². The summed E-state index contributed by atoms with van der Waals surface area (Å²) in [5, 5.41) is 0. The highest BCUT2D eigenvalue weighted by Gasteiger charge is 2.37. The first kappa shape index (κ1) is 12.5. The van der Waals surface area contributed by atoms with Gasteiger partial charge in [-0.2, -0.15) is 0 Å². The Hall–Kier alpha value is -1.00. The quantitative estimate of drug-likeness (QED) is 0.789. The molecule has 1 saturated heterocycles. The number of rotatable bonds is 2. The lowest BCUT2D eigenvalue weighted by atomic mass is 9.89. The van der Waals surface area contributed by atoms with E-state index in [0.717, 1.165) is 19.2 Å². The zero-order chi connectivity index (χ0) is 12.5. The van der Waals surface area contributed by atoms with Gasteiger partial charge >= 0.3 is 0 Å². The number of hydrogen-bond donors (Lipinski definition) is 0. The maximum atomic E-state index is 13.9. The lowest BCUT2D eigenvalue weighted by Gasteiger charge is -2.44. The molecule has 1 heterocycles. The van der Waals surface area contributed by atoms with Crippen molar-refractivity contribution in [3.8, 4) is 0 Å². The first-order valence-electron chi connectivity index (χ1n) is 5.86. The van der Waals surface area contributed by atoms with Gasteiger partial charge in [0.05, 0.1) is 18.8 Å². The van der Waals surface area contributed by atoms with Crippen molar-refractivity contribution in [3.63, 3.8) is 0 Å². The lowest BCUT2D eigenvalue weighted by Crippen LogP contribution is -2.52. The van der Waals surface area contributed by atoms with Crippen LogP contribution < -0.4 is 0 Å². The van der Waals surface area contributed by atoms with Crippen LogP contribution in [0.25, 0.3) is 0 Å². The van der Waals surface area contributed by atoms with E-state index in [1.54, 1.807) is 0 Å². The van der Waals surface area contributed by atoms with Crippen LogP contribution in [0, 0.1) is 11.6 Å². The highest BCUT2D eigenvalue weighted by molar-refractivity contribution is 5.27. The number of ether oxygens (including phenoxy) is 1. The van der Waals surface area contributed by atoms with Crippen molar-refractivity contribution < 1.29 is 13.5 Å². The topological polar surface area (TPSA) is 12.5 Å². The predicted molar refractivity (Wildman–Crippen MR) is 61.8 cm³/mol. The average Bonchev–Trinajstić information content (AvgIpc) is 2.29. The summed E-state index contributed by atoms with van der Waals surface area (Å²) in [5.41, 5.74) is -0.00873. The van der Waals surface area contributed by atoms with E-state index in [1.165, 1.54) is 12.1 Å². The minimum absolute atomic E-state index is 0.434. The highest BCUT2D eigenvalue weighted by atomic mass is 19.1. The third-order valence-corrected chi connectivity index (χ3v) is 3.48. The monoisotopic (exact) mass is 241 g/mol. The summed E-state index contributed by atoms with van der Waals surface area (Å²) in [6.07, 6.45) is 0. The van der Waals surface area contributed by atoms with E-state index in [1.807, 2.05) is 13.8 Å². The van der Waals surface area contributed by atoms with Crippen molar-refractivity contribution in [2.75, 3.05) is 26.3 Å². The third kappa shape index (κ3) is 2.19. The molecule has 4 heteroatoms. The molecule has 0 aromatic heterocycles. The van der Waals surface area contributed by atoms with Crippen molar-refractivity contribution >= 4 is 0 Å². The van der Waals surface area contributed by atoms with Gasteiger partial charge in [-0.25, -0.2) is 8.78 Å². The fourth-order valence-electron chi connectivity index (χ4n) is 2.47. The summed E-state index contributed by atoms with van der Waals surface area (Å²) in [5.74, 6) is -1.05. The second-order valence-electron chi connectivity index (χ2n) is 4.53. The van der Waals surface area contributed by atoms with E-state index < -0.39 is 17.2 Å². The van der Waals surface area contributed by atoms with Gasteiger partial charge in [0.25, 0.3) is 0 Å². The van der Waals surface area contributed by atoms with E-state index >= 15 is 0 Å². The molecule has 2 nitrogen and oxygen atoms in total. The summed E-state index contributed by atoms with van der Waals surface area (Å²) in [4.78, 5) is 2.16. The molecule has 0 N–H and O–H groups in total. The summed E-state index contributed by atoms with van der Waals surface area (Å²) in [6, 6.07) is 3.75. The Morgan fingerprint density at radius 3 is 2.82 bits per heavy atom. The summed E-state index contributed by atoms with van der Waals surface area (Å²) < 4.78 is 32.3. The van der Waals surface area contributed by atoms with Crippen LogP contribution in [0.15, 0.2) is 18.2 Å². The molecule has 94 valence electrons. The summed E-state index contributed by atoms with van der Waals surface area (Å²) >= 11 is 0. The predicted octanol–water partition coefficient (Wildman–Crippen LogP) is 2.53. The third-order valence-electron chi connectivity index (χ3n) is 3.48. The molecular formula is C13H17F2NO. The summed E-state index contributed by atoms with van der Waals surface area (Å²) in [6.45, 7) is 6.65. The molecule has 17 heavy (non-hydrogen) atoms. The smallest absolute Gasteiger partial charge is 0.131 e. The SMILES string of the molecule is CCN1CCOCC1(C)c1ccc(F)cc1F. The Labute approximate surface area is 100 Å². The Balaban J connectivity index is 2.41. The van der Waals surface area contributed by atoms with Crippen LogP contribution in [0.5, 0.6) is 0 Å². The standard InChI is InChI=1S/C13H17F2NO/c1-3-16-6-7-17-9-13(16,2)11-5-4-10(14)8-12(11)15/h4-5,8H,3,6-7,9H2,1-2H3. The Bertz CT molecular complexity index is 410. The van der Waals surface area contributed by atoms with Gasteiger partial charge < -0.3 is 4.74 Å². The van der Waals surface area contributed by atoms with E-state index in [0.29, 0.717) is 18.8 Å². The molecule has 1 fully saturated rings. The molecule has 1 aliphatic rings. The first-order chi connectivity index (χ1) is 8.08. The van der Waals surface area contributed by atoms with Crippen LogP contribution in [0.4, 0.5) is 8.78 Å². The minimum Gasteiger partial charge on any atom is -0.378 e. The molecular weight excluding hydrogens is 224 g/mol. The zero-order valence-electron chi connectivity index (χ0n) is 10.2. The Morgan fingerprint density at radius 2 is 2.18 bits per heavy atom. The highest BCUT2D eigenvalue weighted by Crippen LogP contribution is 2.32. The van der Waals surface area contributed by atoms with E-state index in [4.69, 9.17) is 4.74 Å². The van der Waals surface area contributed by atoms with Gasteiger partial charge in [-0.15, -0.1) is 0 Å². The van der Waals surface area contributed by atoms with Gasteiger partial charge in [-0.3, -0.25) is 4.90 Å². The molecule has 1 aliphatic heterocycles. The normalized spacial score (nSPS) is 26.1. The van der Waals surface area contributed by atoms with E-state index in [9.17, 15) is 8.78 Å². The Morgan fingerprint density at radius 1 is 1.41 bits per heavy atom. The van der Waals surface area contributed by atoms with Gasteiger partial charge in [-0.05, 0) is 19.5 Å². The van der Waals surface area contributed by atoms with Crippen LogP contribution in [-0.2, 0) is 10.3 Å². The number of halogens is 2. The zero-order valence-corrected chi connectivity index (χ0v) is 10.2. The van der Waals surface area contributed by atoms with Gasteiger partial charge in [0.15, 0.2) is 0 Å². The van der Waals surface area contributed by atoms with Crippen LogP contribution in [0.3, 0.4) is 0 Å². The lowest BCUT2D eigenvalue weighted by molar-refractivity contribution is -0.0626. The molecule has 0 saturated carbocycles. The van der Waals surface area contributed by atoms with Crippen molar-refractivity contribution in [2.24, 2.45) is 0 Å². The van der Waals surface area contributed by atoms with Gasteiger partial charge in [0.1, 0.15) is 11.6 Å². The van der Waals surface area contributed by atoms with Crippen LogP contribution in [0.2, 0.25) is 0 Å². The van der Waals surface area contributed by atoms with Gasteiger partial charge in [0, 0.05) is 18.2 Å². The average molecular weight is 241 g/mol. The number of morpholine rings is 1. The van der Waals surface area contributed by atoms with Crippen molar-refractivity contribution in [1.82, 2.24) is 4.90 Å². The molecule has 0 spiro atoms. The molecule has 0 bridgehead atoms. The molecule has 1 unspecified atom stereocenters. The second kappa shape index (κ2) is 4.70. The number of nitrogens with zero attached hydrogens (tertiary/aromatic N) is 1. The van der Waals surface area contributed by atoms with Crippen molar-refractivity contribution in [2.45, 2.75) is 19.4 Å². The second-order valence-corrected chi connectivity index (χ2v) is 4.53. The Kier molecular flexibility index (Phi) is 3.45. The molecule has 1 atom stereocenters. The largest absolute Gasteiger partial charge is 0.378 e. The van der Waals surface area contributed by atoms with Crippen LogP contribution in [-0.4, -0.2) is 31.2 Å². The maximum Gasteiger partial charge on any atom is 0.131 e. The van der Waals surface area contributed by atoms with Crippen LogP contribution in [0.1, 0.15) is 19.4 Å². The van der Waals surface area contributed by atoms with E-state index in [-0.39, 0.29) is 0 Å². The molecule has 1 aromatic rings. The minimum atomic E-state index is -0.547. The van der Waals surface area contributed by atoms with Crippen molar-refractivity contribution in [3.05, 3.63) is 35.4 Å². The molecule has 0 aliphatic carbocycles. The molecule has 2 rings (SSSR count). The molecule has 1 aromatic carbocycles. The molecule has 0 amide bonds. The number of likely N-dealkylation sites (N-methyl/N-ethyl adjacent to an activating group) is 1. The van der Waals surface area contributed by atoms with Crippen molar-refractivity contribution in [1.29, 1.82) is 0 Å². The summed E-state index contributed by atoms with van der Waals surface area (Å²) in [7, 11) is 0. The fraction of sp³-hybridized carbons (Fsp3) is 0.538. The van der Waals surface area contributed by atoms with Gasteiger partial charge in [-0.1, -0.05) is 13.0 Å². The van der Waals surface area contributed by atoms with Crippen LogP contribution >= 0.6 is 0 Å². The maximum absolute atomic E-state index is 13.9. The molecule has 0 radical (unpaired) electrons. The fourth-order valence-corrected chi connectivity index (χ4v) is 2.47.